The highest BCUT2D eigenvalue weighted by molar-refractivity contribution is 7.13. The number of halogens is 3. The maximum absolute atomic E-state index is 13.4. The molecule has 0 radical (unpaired) electrons. The number of carbonyl (C=O) groups is 1. The van der Waals surface area contributed by atoms with Crippen LogP contribution in [0.25, 0.3) is 10.6 Å². The summed E-state index contributed by atoms with van der Waals surface area (Å²) in [6, 6.07) is 9.30. The van der Waals surface area contributed by atoms with Crippen LogP contribution in [0.4, 0.5) is 13.2 Å². The van der Waals surface area contributed by atoms with Gasteiger partial charge >= 0.3 is 0 Å². The van der Waals surface area contributed by atoms with E-state index in [-0.39, 0.29) is 17.8 Å². The van der Waals surface area contributed by atoms with Crippen molar-refractivity contribution in [3.05, 3.63) is 76.6 Å². The first kappa shape index (κ1) is 17.8. The Morgan fingerprint density at radius 2 is 1.81 bits per heavy atom. The van der Waals surface area contributed by atoms with E-state index in [0.717, 1.165) is 23.9 Å². The van der Waals surface area contributed by atoms with Crippen LogP contribution in [0.2, 0.25) is 0 Å². The maximum atomic E-state index is 13.4. The van der Waals surface area contributed by atoms with E-state index < -0.39 is 17.5 Å². The molecule has 132 valence electrons. The molecule has 1 aromatic heterocycles. The lowest BCUT2D eigenvalue weighted by molar-refractivity contribution is -0.120. The fraction of sp³-hybridized carbons (Fsp3) is 0.0556. The average molecular weight is 375 g/mol. The zero-order valence-corrected chi connectivity index (χ0v) is 14.1. The first-order valence-corrected chi connectivity index (χ1v) is 8.37. The zero-order chi connectivity index (χ0) is 18.5. The molecular formula is C18H12F3N3OS. The fourth-order valence-electron chi connectivity index (χ4n) is 2.12. The quantitative estimate of drug-likeness (QED) is 0.543. The summed E-state index contributed by atoms with van der Waals surface area (Å²) in [6.07, 6.45) is 0.863. The van der Waals surface area contributed by atoms with Gasteiger partial charge in [0.15, 0.2) is 0 Å². The number of hydrogen-bond donors (Lipinski definition) is 1. The maximum Gasteiger partial charge on any atom is 0.246 e. The third kappa shape index (κ3) is 4.34. The molecule has 1 heterocycles. The third-order valence-electron chi connectivity index (χ3n) is 3.37. The Morgan fingerprint density at radius 1 is 1.12 bits per heavy atom. The molecule has 0 unspecified atom stereocenters. The summed E-state index contributed by atoms with van der Waals surface area (Å²) in [5.41, 5.74) is 3.13. The molecule has 2 aromatic carbocycles. The molecule has 26 heavy (non-hydrogen) atoms. The van der Waals surface area contributed by atoms with Crippen molar-refractivity contribution in [2.75, 3.05) is 0 Å². The van der Waals surface area contributed by atoms with Crippen molar-refractivity contribution in [2.24, 2.45) is 5.10 Å². The van der Waals surface area contributed by atoms with Gasteiger partial charge in [0.05, 0.1) is 23.9 Å². The van der Waals surface area contributed by atoms with Gasteiger partial charge in [0.25, 0.3) is 0 Å². The Balaban J connectivity index is 1.60. The van der Waals surface area contributed by atoms with Crippen molar-refractivity contribution in [3.63, 3.8) is 0 Å². The van der Waals surface area contributed by atoms with E-state index >= 15 is 0 Å². The van der Waals surface area contributed by atoms with Crippen molar-refractivity contribution in [1.82, 2.24) is 10.4 Å². The SMILES string of the molecule is O=C(Cc1csc(-c2ccc(F)cc2)n1)N/N=C\c1c(F)cccc1F. The second kappa shape index (κ2) is 7.92. The molecule has 0 atom stereocenters. The number of hydrazone groups is 1. The standard InChI is InChI=1S/C18H12F3N3OS/c19-12-6-4-11(5-7-12)18-23-13(10-26-18)8-17(25)24-22-9-14-15(20)2-1-3-16(14)21/h1-7,9-10H,8H2,(H,24,25)/b22-9-. The molecule has 1 amide bonds. The molecule has 3 aromatic rings. The fourth-order valence-corrected chi connectivity index (χ4v) is 2.95. The first-order chi connectivity index (χ1) is 12.5. The summed E-state index contributed by atoms with van der Waals surface area (Å²) in [6.45, 7) is 0. The molecular weight excluding hydrogens is 363 g/mol. The summed E-state index contributed by atoms with van der Waals surface area (Å²) < 4.78 is 39.8. The van der Waals surface area contributed by atoms with Gasteiger partial charge in [-0.1, -0.05) is 6.07 Å². The summed E-state index contributed by atoms with van der Waals surface area (Å²) >= 11 is 1.32. The second-order valence-electron chi connectivity index (χ2n) is 5.26. The predicted molar refractivity (Wildman–Crippen MR) is 93.3 cm³/mol. The van der Waals surface area contributed by atoms with E-state index in [0.29, 0.717) is 10.7 Å². The number of rotatable bonds is 5. The van der Waals surface area contributed by atoms with Crippen LogP contribution in [0.3, 0.4) is 0 Å². The normalized spacial score (nSPS) is 11.0. The molecule has 8 heteroatoms. The van der Waals surface area contributed by atoms with Crippen molar-refractivity contribution < 1.29 is 18.0 Å². The largest absolute Gasteiger partial charge is 0.273 e. The van der Waals surface area contributed by atoms with Crippen LogP contribution in [-0.4, -0.2) is 17.1 Å². The number of aromatic nitrogens is 1. The van der Waals surface area contributed by atoms with Crippen molar-refractivity contribution >= 4 is 23.5 Å². The monoisotopic (exact) mass is 375 g/mol. The third-order valence-corrected chi connectivity index (χ3v) is 4.31. The van der Waals surface area contributed by atoms with E-state index in [1.165, 1.54) is 29.5 Å². The molecule has 0 saturated carbocycles. The summed E-state index contributed by atoms with van der Waals surface area (Å²) in [5.74, 6) is -2.36. The minimum Gasteiger partial charge on any atom is -0.273 e. The molecule has 4 nitrogen and oxygen atoms in total. The lowest BCUT2D eigenvalue weighted by Gasteiger charge is -1.99. The van der Waals surface area contributed by atoms with Crippen LogP contribution in [0.5, 0.6) is 0 Å². The Morgan fingerprint density at radius 3 is 2.50 bits per heavy atom. The Kier molecular flexibility index (Phi) is 5.43. The van der Waals surface area contributed by atoms with Gasteiger partial charge in [-0.3, -0.25) is 4.79 Å². The molecule has 1 N–H and O–H groups in total. The number of nitrogens with zero attached hydrogens (tertiary/aromatic N) is 2. The molecule has 0 bridgehead atoms. The van der Waals surface area contributed by atoms with Gasteiger partial charge < -0.3 is 0 Å². The van der Waals surface area contributed by atoms with Gasteiger partial charge in [0.1, 0.15) is 22.5 Å². The van der Waals surface area contributed by atoms with Crippen LogP contribution in [-0.2, 0) is 11.2 Å². The average Bonchev–Trinajstić information content (AvgIpc) is 3.06. The number of amides is 1. The minimum atomic E-state index is -0.772. The van der Waals surface area contributed by atoms with E-state index in [1.54, 1.807) is 17.5 Å². The highest BCUT2D eigenvalue weighted by atomic mass is 32.1. The van der Waals surface area contributed by atoms with Gasteiger partial charge in [-0.05, 0) is 36.4 Å². The van der Waals surface area contributed by atoms with E-state index in [4.69, 9.17) is 0 Å². The molecule has 0 saturated heterocycles. The minimum absolute atomic E-state index is 0.0468. The Labute approximate surface area is 151 Å². The molecule has 0 fully saturated rings. The van der Waals surface area contributed by atoms with Gasteiger partial charge in [-0.2, -0.15) is 5.10 Å². The van der Waals surface area contributed by atoms with Crippen LogP contribution in [0.15, 0.2) is 52.9 Å². The Hall–Kier alpha value is -3.00. The molecule has 0 aliphatic heterocycles. The van der Waals surface area contributed by atoms with Gasteiger partial charge in [-0.15, -0.1) is 11.3 Å². The topological polar surface area (TPSA) is 54.4 Å². The van der Waals surface area contributed by atoms with Crippen molar-refractivity contribution in [2.45, 2.75) is 6.42 Å². The number of carbonyl (C=O) groups excluding carboxylic acids is 1. The van der Waals surface area contributed by atoms with E-state index in [2.05, 4.69) is 15.5 Å². The number of benzene rings is 2. The van der Waals surface area contributed by atoms with Crippen LogP contribution in [0.1, 0.15) is 11.3 Å². The zero-order valence-electron chi connectivity index (χ0n) is 13.2. The van der Waals surface area contributed by atoms with Gasteiger partial charge in [-0.25, -0.2) is 23.6 Å². The van der Waals surface area contributed by atoms with Crippen molar-refractivity contribution in [3.8, 4) is 10.6 Å². The number of hydrogen-bond acceptors (Lipinski definition) is 4. The lowest BCUT2D eigenvalue weighted by Crippen LogP contribution is -2.20. The van der Waals surface area contributed by atoms with E-state index in [1.807, 2.05) is 0 Å². The van der Waals surface area contributed by atoms with Crippen LogP contribution in [0, 0.1) is 17.5 Å². The van der Waals surface area contributed by atoms with Crippen LogP contribution >= 0.6 is 11.3 Å². The number of thiazole rings is 1. The second-order valence-corrected chi connectivity index (χ2v) is 6.11. The smallest absolute Gasteiger partial charge is 0.246 e. The number of nitrogens with one attached hydrogen (secondary N) is 1. The highest BCUT2D eigenvalue weighted by Gasteiger charge is 2.09. The Bertz CT molecular complexity index is 934. The lowest BCUT2D eigenvalue weighted by atomic mass is 10.2. The summed E-state index contributed by atoms with van der Waals surface area (Å²) in [7, 11) is 0. The molecule has 3 rings (SSSR count). The van der Waals surface area contributed by atoms with Crippen molar-refractivity contribution in [1.29, 1.82) is 0 Å². The van der Waals surface area contributed by atoms with Gasteiger partial charge in [0, 0.05) is 10.9 Å². The molecule has 0 spiro atoms. The first-order valence-electron chi connectivity index (χ1n) is 7.49. The molecule has 0 aliphatic carbocycles. The summed E-state index contributed by atoms with van der Waals surface area (Å²) in [4.78, 5) is 16.2. The van der Waals surface area contributed by atoms with E-state index in [9.17, 15) is 18.0 Å². The summed E-state index contributed by atoms with van der Waals surface area (Å²) in [5, 5.41) is 5.93. The van der Waals surface area contributed by atoms with Gasteiger partial charge in [0.2, 0.25) is 5.91 Å². The highest BCUT2D eigenvalue weighted by Crippen LogP contribution is 2.24. The predicted octanol–water partition coefficient (Wildman–Crippen LogP) is 3.92. The van der Waals surface area contributed by atoms with Crippen LogP contribution < -0.4 is 5.43 Å². The molecule has 0 aliphatic rings.